The van der Waals surface area contributed by atoms with Crippen LogP contribution in [0.15, 0.2) is 67.4 Å². The predicted octanol–water partition coefficient (Wildman–Crippen LogP) is 3.41. The smallest absolute Gasteiger partial charge is 0.260 e. The number of amides is 3. The molecule has 0 aliphatic heterocycles. The van der Waals surface area contributed by atoms with Crippen molar-refractivity contribution in [3.63, 3.8) is 0 Å². The lowest BCUT2D eigenvalue weighted by Crippen LogP contribution is -2.31. The van der Waals surface area contributed by atoms with E-state index in [1.54, 1.807) is 48.5 Å². The Bertz CT molecular complexity index is 1330. The molecular weight excluding hydrogens is 472 g/mol. The van der Waals surface area contributed by atoms with E-state index in [4.69, 9.17) is 5.26 Å². The minimum Gasteiger partial charge on any atom is -0.369 e. The minimum atomic E-state index is -0.455. The summed E-state index contributed by atoms with van der Waals surface area (Å²) >= 11 is 0. The van der Waals surface area contributed by atoms with E-state index in [1.165, 1.54) is 6.20 Å². The van der Waals surface area contributed by atoms with Gasteiger partial charge in [0.2, 0.25) is 17.8 Å². The van der Waals surface area contributed by atoms with Gasteiger partial charge in [-0.05, 0) is 55.0 Å². The van der Waals surface area contributed by atoms with Crippen molar-refractivity contribution in [2.45, 2.75) is 13.3 Å². The standard InChI is InChI=1S/C26H26N8O3/c1-3-12-28-24-21(15-30-26(34-24)33-18-10-8-17(14-27)9-11-18)25(37)32-20-7-5-6-19(13-20)31-23(36)16-29-22(35)4-2/h4-11,13,15H,2-3,12,16H2,1H3,(H,29,35)(H,31,36)(H,32,37)(H2,28,30,33,34). The van der Waals surface area contributed by atoms with E-state index in [-0.39, 0.29) is 18.1 Å². The van der Waals surface area contributed by atoms with Crippen molar-refractivity contribution < 1.29 is 14.4 Å². The van der Waals surface area contributed by atoms with Crippen LogP contribution in [-0.2, 0) is 9.59 Å². The topological polar surface area (TPSA) is 161 Å². The zero-order chi connectivity index (χ0) is 26.6. The number of anilines is 5. The maximum atomic E-state index is 13.1. The molecule has 0 fully saturated rings. The van der Waals surface area contributed by atoms with Crippen LogP contribution >= 0.6 is 0 Å². The summed E-state index contributed by atoms with van der Waals surface area (Å²) in [4.78, 5) is 45.0. The Kier molecular flexibility index (Phi) is 9.27. The SMILES string of the molecule is C=CC(=O)NCC(=O)Nc1cccc(NC(=O)c2cnc(Nc3ccc(C#N)cc3)nc2NCCC)c1. The molecule has 0 spiro atoms. The molecule has 1 heterocycles. The molecule has 11 nitrogen and oxygen atoms in total. The van der Waals surface area contributed by atoms with E-state index in [9.17, 15) is 14.4 Å². The second-order valence-corrected chi connectivity index (χ2v) is 7.70. The second kappa shape index (κ2) is 13.0. The molecule has 2 aromatic carbocycles. The molecule has 0 atom stereocenters. The Morgan fingerprint density at radius 3 is 2.46 bits per heavy atom. The van der Waals surface area contributed by atoms with Gasteiger partial charge in [0.15, 0.2) is 0 Å². The third-order valence-electron chi connectivity index (χ3n) is 4.86. The van der Waals surface area contributed by atoms with Gasteiger partial charge in [0, 0.05) is 29.8 Å². The number of rotatable bonds is 11. The molecule has 0 unspecified atom stereocenters. The highest BCUT2D eigenvalue weighted by Gasteiger charge is 2.16. The highest BCUT2D eigenvalue weighted by molar-refractivity contribution is 6.07. The molecule has 0 aliphatic rings. The molecular formula is C26H26N8O3. The van der Waals surface area contributed by atoms with Gasteiger partial charge < -0.3 is 26.6 Å². The summed E-state index contributed by atoms with van der Waals surface area (Å²) in [5.74, 6) is -0.682. The summed E-state index contributed by atoms with van der Waals surface area (Å²) in [5.41, 5.74) is 2.35. The van der Waals surface area contributed by atoms with Crippen molar-refractivity contribution >= 4 is 46.5 Å². The Morgan fingerprint density at radius 2 is 1.78 bits per heavy atom. The lowest BCUT2D eigenvalue weighted by Gasteiger charge is -2.13. The fraction of sp³-hybridized carbons (Fsp3) is 0.154. The van der Waals surface area contributed by atoms with E-state index < -0.39 is 17.7 Å². The van der Waals surface area contributed by atoms with Gasteiger partial charge in [-0.3, -0.25) is 14.4 Å². The first-order chi connectivity index (χ1) is 17.9. The summed E-state index contributed by atoms with van der Waals surface area (Å²) < 4.78 is 0. The van der Waals surface area contributed by atoms with Crippen LogP contribution in [0.2, 0.25) is 0 Å². The minimum absolute atomic E-state index is 0.214. The quantitative estimate of drug-likeness (QED) is 0.251. The van der Waals surface area contributed by atoms with E-state index in [2.05, 4.69) is 49.2 Å². The number of nitriles is 1. The van der Waals surface area contributed by atoms with Gasteiger partial charge in [0.05, 0.1) is 18.2 Å². The fourth-order valence-corrected chi connectivity index (χ4v) is 3.06. The molecule has 5 N–H and O–H groups in total. The zero-order valence-electron chi connectivity index (χ0n) is 20.2. The van der Waals surface area contributed by atoms with Crippen molar-refractivity contribution in [2.75, 3.05) is 34.4 Å². The Hall–Kier alpha value is -5.24. The first-order valence-corrected chi connectivity index (χ1v) is 11.4. The van der Waals surface area contributed by atoms with E-state index >= 15 is 0 Å². The molecule has 11 heteroatoms. The fourth-order valence-electron chi connectivity index (χ4n) is 3.06. The summed E-state index contributed by atoms with van der Waals surface area (Å²) in [6, 6.07) is 15.5. The third-order valence-corrected chi connectivity index (χ3v) is 4.86. The highest BCUT2D eigenvalue weighted by Crippen LogP contribution is 2.21. The van der Waals surface area contributed by atoms with Crippen LogP contribution in [-0.4, -0.2) is 40.8 Å². The number of benzene rings is 2. The van der Waals surface area contributed by atoms with Gasteiger partial charge in [0.1, 0.15) is 11.4 Å². The molecule has 3 amide bonds. The van der Waals surface area contributed by atoms with E-state index in [0.717, 1.165) is 12.5 Å². The maximum absolute atomic E-state index is 13.1. The average Bonchev–Trinajstić information content (AvgIpc) is 2.91. The number of carbonyl (C=O) groups is 3. The number of aromatic nitrogens is 2. The van der Waals surface area contributed by atoms with Crippen molar-refractivity contribution in [1.29, 1.82) is 5.26 Å². The van der Waals surface area contributed by atoms with Gasteiger partial charge in [-0.25, -0.2) is 4.98 Å². The van der Waals surface area contributed by atoms with Crippen molar-refractivity contribution in [1.82, 2.24) is 15.3 Å². The number of carbonyl (C=O) groups excluding carboxylic acids is 3. The average molecular weight is 499 g/mol. The van der Waals surface area contributed by atoms with Crippen LogP contribution in [0.1, 0.15) is 29.3 Å². The van der Waals surface area contributed by atoms with Gasteiger partial charge in [-0.15, -0.1) is 0 Å². The summed E-state index contributed by atoms with van der Waals surface area (Å²) in [6.45, 7) is 5.70. The first kappa shape index (κ1) is 26.4. The van der Waals surface area contributed by atoms with Crippen molar-refractivity contribution in [3.8, 4) is 6.07 Å². The van der Waals surface area contributed by atoms with Gasteiger partial charge in [-0.2, -0.15) is 10.2 Å². The number of hydrogen-bond acceptors (Lipinski definition) is 8. The van der Waals surface area contributed by atoms with Crippen LogP contribution in [0.3, 0.4) is 0 Å². The number of nitrogens with zero attached hydrogens (tertiary/aromatic N) is 3. The van der Waals surface area contributed by atoms with Crippen LogP contribution in [0, 0.1) is 11.3 Å². The summed E-state index contributed by atoms with van der Waals surface area (Å²) in [7, 11) is 0. The Labute approximate surface area is 214 Å². The van der Waals surface area contributed by atoms with Crippen molar-refractivity contribution in [3.05, 3.63) is 78.5 Å². The lowest BCUT2D eigenvalue weighted by atomic mass is 10.2. The Balaban J connectivity index is 1.72. The zero-order valence-corrected chi connectivity index (χ0v) is 20.2. The summed E-state index contributed by atoms with van der Waals surface area (Å²) in [5, 5.41) is 23.0. The van der Waals surface area contributed by atoms with Gasteiger partial charge in [-0.1, -0.05) is 19.6 Å². The molecule has 1 aromatic heterocycles. The highest BCUT2D eigenvalue weighted by atomic mass is 16.2. The van der Waals surface area contributed by atoms with Crippen LogP contribution in [0.5, 0.6) is 0 Å². The molecule has 37 heavy (non-hydrogen) atoms. The predicted molar refractivity (Wildman–Crippen MR) is 141 cm³/mol. The molecule has 0 saturated heterocycles. The monoisotopic (exact) mass is 498 g/mol. The molecule has 0 bridgehead atoms. The van der Waals surface area contributed by atoms with Crippen LogP contribution in [0.4, 0.5) is 28.8 Å². The number of nitrogens with one attached hydrogen (secondary N) is 5. The molecule has 3 aromatic rings. The first-order valence-electron chi connectivity index (χ1n) is 11.4. The van der Waals surface area contributed by atoms with Gasteiger partial charge >= 0.3 is 0 Å². The van der Waals surface area contributed by atoms with Crippen LogP contribution < -0.4 is 26.6 Å². The lowest BCUT2D eigenvalue weighted by molar-refractivity contribution is -0.121. The van der Waals surface area contributed by atoms with Crippen molar-refractivity contribution in [2.24, 2.45) is 0 Å². The maximum Gasteiger partial charge on any atom is 0.260 e. The third kappa shape index (κ3) is 7.90. The van der Waals surface area contributed by atoms with Crippen LogP contribution in [0.25, 0.3) is 0 Å². The number of hydrogen-bond donors (Lipinski definition) is 5. The normalized spacial score (nSPS) is 9.95. The largest absolute Gasteiger partial charge is 0.369 e. The second-order valence-electron chi connectivity index (χ2n) is 7.70. The molecule has 0 radical (unpaired) electrons. The van der Waals surface area contributed by atoms with E-state index in [1.807, 2.05) is 6.92 Å². The molecule has 0 aliphatic carbocycles. The molecule has 3 rings (SSSR count). The summed E-state index contributed by atoms with van der Waals surface area (Å²) in [6.07, 6.45) is 3.31. The molecule has 188 valence electrons. The Morgan fingerprint density at radius 1 is 1.05 bits per heavy atom. The molecule has 0 saturated carbocycles. The van der Waals surface area contributed by atoms with Gasteiger partial charge in [0.25, 0.3) is 5.91 Å². The van der Waals surface area contributed by atoms with E-state index in [0.29, 0.717) is 35.0 Å².